The summed E-state index contributed by atoms with van der Waals surface area (Å²) in [5.74, 6) is 0. The Hall–Kier alpha value is -7.54. The van der Waals surface area contributed by atoms with Crippen LogP contribution in [0.4, 0.5) is 0 Å². The van der Waals surface area contributed by atoms with Gasteiger partial charge in [-0.15, -0.1) is 0 Å². The Morgan fingerprint density at radius 3 is 1.14 bits per heavy atom. The topological polar surface area (TPSA) is 0 Å². The molecule has 13 rings (SSSR count). The molecule has 13 aromatic rings. The summed E-state index contributed by atoms with van der Waals surface area (Å²) in [6, 6.07) is 77.3. The van der Waals surface area contributed by atoms with Crippen molar-refractivity contribution < 1.29 is 0 Å². The Labute approximate surface area is 335 Å². The van der Waals surface area contributed by atoms with Gasteiger partial charge in [-0.2, -0.15) is 0 Å². The van der Waals surface area contributed by atoms with E-state index in [2.05, 4.69) is 206 Å². The quantitative estimate of drug-likeness (QED) is 0.125. The fraction of sp³-hybridized carbons (Fsp3) is 0. The fourth-order valence-electron chi connectivity index (χ4n) is 10.5. The van der Waals surface area contributed by atoms with Crippen LogP contribution in [-0.2, 0) is 0 Å². The summed E-state index contributed by atoms with van der Waals surface area (Å²) in [7, 11) is 0. The van der Waals surface area contributed by atoms with E-state index in [-0.39, 0.29) is 0 Å². The van der Waals surface area contributed by atoms with Gasteiger partial charge in [0.2, 0.25) is 0 Å². The second-order valence-corrected chi connectivity index (χ2v) is 15.9. The van der Waals surface area contributed by atoms with Gasteiger partial charge in [-0.3, -0.25) is 0 Å². The first-order valence-corrected chi connectivity index (χ1v) is 20.3. The SMILES string of the molecule is c1ccc(-c2c3ccccc3c(-c3ccc(-c4cc5ccc6cccc7c8cccc9ccc%10cccc(c(c4)c5c67)c%10c98)c4ccccc34)c3ccccc23)cc1. The molecular weight excluding hydrogens is 697 g/mol. The van der Waals surface area contributed by atoms with Gasteiger partial charge in [0.05, 0.1) is 0 Å². The lowest BCUT2D eigenvalue weighted by molar-refractivity contribution is 1.66. The zero-order valence-electron chi connectivity index (χ0n) is 31.6. The predicted molar refractivity (Wildman–Crippen MR) is 251 cm³/mol. The van der Waals surface area contributed by atoms with Crippen LogP contribution in [0, 0.1) is 0 Å². The van der Waals surface area contributed by atoms with E-state index in [1.54, 1.807) is 0 Å². The number of rotatable bonds is 3. The van der Waals surface area contributed by atoms with E-state index in [1.807, 2.05) is 0 Å². The molecule has 0 aliphatic carbocycles. The molecule has 0 fully saturated rings. The summed E-state index contributed by atoms with van der Waals surface area (Å²) >= 11 is 0. The maximum absolute atomic E-state index is 2.49. The standard InChI is InChI=1S/C58H34/c1-2-13-35(14-3-1)53-44-20-6-8-22-48(44)58(49-23-9-7-21-45(49)53)51-32-31-41(42-18-4-5-19-43(42)51)40-33-39-30-29-38-16-11-25-47-46-24-10-15-36-27-28-37-17-12-26-50(56(37)54(36)46)52(34-40)57(39)55(38)47/h1-34H. The molecule has 0 bridgehead atoms. The molecule has 266 valence electrons. The molecule has 0 saturated carbocycles. The first-order valence-electron chi connectivity index (χ1n) is 20.3. The van der Waals surface area contributed by atoms with Gasteiger partial charge in [-0.05, 0) is 142 Å². The average Bonchev–Trinajstić information content (AvgIpc) is 3.29. The number of hydrogen-bond acceptors (Lipinski definition) is 0. The molecule has 58 heavy (non-hydrogen) atoms. The van der Waals surface area contributed by atoms with Crippen molar-refractivity contribution in [1.82, 2.24) is 0 Å². The predicted octanol–water partition coefficient (Wildman–Crippen LogP) is 16.5. The molecule has 0 unspecified atom stereocenters. The molecule has 0 nitrogen and oxygen atoms in total. The fourth-order valence-corrected chi connectivity index (χ4v) is 10.5. The third kappa shape index (κ3) is 4.35. The molecular formula is C58H34. The van der Waals surface area contributed by atoms with Gasteiger partial charge in [0.1, 0.15) is 0 Å². The van der Waals surface area contributed by atoms with Gasteiger partial charge in [0, 0.05) is 0 Å². The Morgan fingerprint density at radius 1 is 0.190 bits per heavy atom. The normalized spacial score (nSPS) is 12.1. The van der Waals surface area contributed by atoms with Crippen LogP contribution >= 0.6 is 0 Å². The Bertz CT molecular complexity index is 3770. The van der Waals surface area contributed by atoms with Gasteiger partial charge in [-0.1, -0.05) is 194 Å². The molecule has 0 aromatic heterocycles. The van der Waals surface area contributed by atoms with Gasteiger partial charge in [-0.25, -0.2) is 0 Å². The molecule has 0 spiro atoms. The summed E-state index contributed by atoms with van der Waals surface area (Å²) in [5.41, 5.74) is 7.54. The van der Waals surface area contributed by atoms with Crippen molar-refractivity contribution in [3.8, 4) is 33.4 Å². The van der Waals surface area contributed by atoms with Crippen molar-refractivity contribution in [2.24, 2.45) is 0 Å². The molecule has 13 aromatic carbocycles. The summed E-state index contributed by atoms with van der Waals surface area (Å²) < 4.78 is 0. The van der Waals surface area contributed by atoms with Crippen molar-refractivity contribution in [3.05, 3.63) is 206 Å². The Morgan fingerprint density at radius 2 is 0.586 bits per heavy atom. The van der Waals surface area contributed by atoms with Crippen LogP contribution in [0.1, 0.15) is 0 Å². The first-order chi connectivity index (χ1) is 28.8. The van der Waals surface area contributed by atoms with Crippen LogP contribution in [0.5, 0.6) is 0 Å². The van der Waals surface area contributed by atoms with Crippen molar-refractivity contribution >= 4 is 97.0 Å². The lowest BCUT2D eigenvalue weighted by atomic mass is 9.83. The highest BCUT2D eigenvalue weighted by molar-refractivity contribution is 6.37. The van der Waals surface area contributed by atoms with Crippen molar-refractivity contribution in [3.63, 3.8) is 0 Å². The molecule has 0 amide bonds. The van der Waals surface area contributed by atoms with Gasteiger partial charge in [0.15, 0.2) is 0 Å². The van der Waals surface area contributed by atoms with Crippen LogP contribution in [0.3, 0.4) is 0 Å². The minimum Gasteiger partial charge on any atom is -0.0622 e. The second-order valence-electron chi connectivity index (χ2n) is 15.9. The second kappa shape index (κ2) is 12.0. The average molecular weight is 731 g/mol. The van der Waals surface area contributed by atoms with E-state index >= 15 is 0 Å². The molecule has 0 saturated heterocycles. The van der Waals surface area contributed by atoms with Crippen LogP contribution in [0.2, 0.25) is 0 Å². The summed E-state index contributed by atoms with van der Waals surface area (Å²) in [6.07, 6.45) is 0. The zero-order valence-corrected chi connectivity index (χ0v) is 31.6. The molecule has 0 aliphatic heterocycles. The van der Waals surface area contributed by atoms with Crippen LogP contribution in [0.15, 0.2) is 206 Å². The highest BCUT2D eigenvalue weighted by atomic mass is 14.2. The highest BCUT2D eigenvalue weighted by Gasteiger charge is 2.20. The first kappa shape index (κ1) is 31.6. The van der Waals surface area contributed by atoms with Gasteiger partial charge in [0.25, 0.3) is 0 Å². The number of benzene rings is 12. The minimum atomic E-state index is 1.23. The maximum atomic E-state index is 2.49. The number of fused-ring (bicyclic) bond motifs is 5. The molecule has 0 heterocycles. The molecule has 0 radical (unpaired) electrons. The third-order valence-corrected chi connectivity index (χ3v) is 12.9. The summed E-state index contributed by atoms with van der Waals surface area (Å²) in [4.78, 5) is 0. The molecule has 0 heteroatoms. The molecule has 0 aliphatic rings. The maximum Gasteiger partial charge on any atom is -0.00199 e. The van der Waals surface area contributed by atoms with Crippen molar-refractivity contribution in [2.45, 2.75) is 0 Å². The summed E-state index contributed by atoms with van der Waals surface area (Å²) in [5, 5.41) is 23.2. The minimum absolute atomic E-state index is 1.23. The van der Waals surface area contributed by atoms with Crippen LogP contribution in [0.25, 0.3) is 130 Å². The van der Waals surface area contributed by atoms with E-state index in [9.17, 15) is 0 Å². The van der Waals surface area contributed by atoms with Crippen LogP contribution < -0.4 is 0 Å². The van der Waals surface area contributed by atoms with Crippen molar-refractivity contribution in [1.29, 1.82) is 0 Å². The lowest BCUT2D eigenvalue weighted by Gasteiger charge is -2.20. The van der Waals surface area contributed by atoms with E-state index in [0.717, 1.165) is 0 Å². The zero-order chi connectivity index (χ0) is 37.9. The van der Waals surface area contributed by atoms with E-state index in [0.29, 0.717) is 0 Å². The third-order valence-electron chi connectivity index (χ3n) is 12.9. The molecule has 0 atom stereocenters. The monoisotopic (exact) mass is 730 g/mol. The van der Waals surface area contributed by atoms with Crippen molar-refractivity contribution in [2.75, 3.05) is 0 Å². The van der Waals surface area contributed by atoms with E-state index in [1.165, 1.54) is 130 Å². The Kier molecular flexibility index (Phi) is 6.54. The van der Waals surface area contributed by atoms with Crippen LogP contribution in [-0.4, -0.2) is 0 Å². The highest BCUT2D eigenvalue weighted by Crippen LogP contribution is 2.48. The van der Waals surface area contributed by atoms with E-state index in [4.69, 9.17) is 0 Å². The van der Waals surface area contributed by atoms with Gasteiger partial charge >= 0.3 is 0 Å². The molecule has 0 N–H and O–H groups in total. The lowest BCUT2D eigenvalue weighted by Crippen LogP contribution is -1.93. The van der Waals surface area contributed by atoms with E-state index < -0.39 is 0 Å². The largest absolute Gasteiger partial charge is 0.0622 e. The number of hydrogen-bond donors (Lipinski definition) is 0. The smallest absolute Gasteiger partial charge is 0.00199 e. The van der Waals surface area contributed by atoms with Gasteiger partial charge < -0.3 is 0 Å². The summed E-state index contributed by atoms with van der Waals surface area (Å²) in [6.45, 7) is 0. The Balaban J connectivity index is 1.14.